The van der Waals surface area contributed by atoms with Crippen molar-refractivity contribution in [2.45, 2.75) is 52.9 Å². The molecule has 98 valence electrons. The first-order valence-electron chi connectivity index (χ1n) is 7.15. The second kappa shape index (κ2) is 6.88. The SMILES string of the molecule is C=C(NC)C(CCC(C)C)CCC1C=C1CC. The third-order valence-electron chi connectivity index (χ3n) is 3.92. The molecule has 1 aliphatic carbocycles. The zero-order valence-electron chi connectivity index (χ0n) is 12.1. The van der Waals surface area contributed by atoms with E-state index in [1.54, 1.807) is 5.57 Å². The predicted molar refractivity (Wildman–Crippen MR) is 76.9 cm³/mol. The van der Waals surface area contributed by atoms with Crippen LogP contribution in [0.1, 0.15) is 52.9 Å². The molecule has 0 saturated carbocycles. The quantitative estimate of drug-likeness (QED) is 0.579. The van der Waals surface area contributed by atoms with E-state index in [0.717, 1.165) is 11.8 Å². The van der Waals surface area contributed by atoms with Crippen molar-refractivity contribution in [3.8, 4) is 0 Å². The number of nitrogens with one attached hydrogen (secondary N) is 1. The normalized spacial score (nSPS) is 20.1. The molecule has 0 fully saturated rings. The Hall–Kier alpha value is -0.720. The van der Waals surface area contributed by atoms with Crippen molar-refractivity contribution in [2.75, 3.05) is 7.05 Å². The molecule has 0 aliphatic heterocycles. The molecule has 0 aromatic rings. The van der Waals surface area contributed by atoms with Crippen LogP contribution in [0.15, 0.2) is 23.9 Å². The highest BCUT2D eigenvalue weighted by atomic mass is 14.8. The molecule has 0 radical (unpaired) electrons. The third-order valence-corrected chi connectivity index (χ3v) is 3.92. The molecule has 1 aliphatic rings. The maximum absolute atomic E-state index is 4.16. The van der Waals surface area contributed by atoms with Gasteiger partial charge in [0.25, 0.3) is 0 Å². The number of rotatable bonds is 9. The molecule has 0 aromatic carbocycles. The summed E-state index contributed by atoms with van der Waals surface area (Å²) in [5.41, 5.74) is 2.90. The Morgan fingerprint density at radius 2 is 2.06 bits per heavy atom. The highest BCUT2D eigenvalue weighted by molar-refractivity contribution is 5.28. The summed E-state index contributed by atoms with van der Waals surface area (Å²) in [6.45, 7) is 11.0. The minimum absolute atomic E-state index is 0.662. The molecule has 0 spiro atoms. The summed E-state index contributed by atoms with van der Waals surface area (Å²) < 4.78 is 0. The molecular formula is C16H29N. The van der Waals surface area contributed by atoms with E-state index in [-0.39, 0.29) is 0 Å². The van der Waals surface area contributed by atoms with Gasteiger partial charge in [-0.25, -0.2) is 0 Å². The fourth-order valence-electron chi connectivity index (χ4n) is 2.47. The largest absolute Gasteiger partial charge is 0.392 e. The molecular weight excluding hydrogens is 206 g/mol. The first kappa shape index (κ1) is 14.3. The van der Waals surface area contributed by atoms with Crippen LogP contribution >= 0.6 is 0 Å². The van der Waals surface area contributed by atoms with Crippen LogP contribution in [0.4, 0.5) is 0 Å². The van der Waals surface area contributed by atoms with E-state index in [4.69, 9.17) is 0 Å². The first-order valence-corrected chi connectivity index (χ1v) is 7.15. The fourth-order valence-corrected chi connectivity index (χ4v) is 2.47. The fraction of sp³-hybridized carbons (Fsp3) is 0.750. The van der Waals surface area contributed by atoms with Crippen molar-refractivity contribution >= 4 is 0 Å². The lowest BCUT2D eigenvalue weighted by molar-refractivity contribution is 0.418. The maximum Gasteiger partial charge on any atom is 0.00625 e. The van der Waals surface area contributed by atoms with Crippen LogP contribution in [-0.2, 0) is 0 Å². The zero-order valence-corrected chi connectivity index (χ0v) is 12.1. The number of hydrogen-bond donors (Lipinski definition) is 1. The highest BCUT2D eigenvalue weighted by Crippen LogP contribution is 2.37. The Morgan fingerprint density at radius 3 is 2.53 bits per heavy atom. The summed E-state index contributed by atoms with van der Waals surface area (Å²) >= 11 is 0. The maximum atomic E-state index is 4.16. The molecule has 0 amide bonds. The van der Waals surface area contributed by atoms with Gasteiger partial charge in [0.1, 0.15) is 0 Å². The summed E-state index contributed by atoms with van der Waals surface area (Å²) in [6.07, 6.45) is 8.88. The van der Waals surface area contributed by atoms with Crippen molar-refractivity contribution < 1.29 is 0 Å². The summed E-state index contributed by atoms with van der Waals surface area (Å²) in [5, 5.41) is 3.25. The molecule has 0 saturated heterocycles. The molecule has 0 aromatic heterocycles. The lowest BCUT2D eigenvalue weighted by Crippen LogP contribution is -2.16. The van der Waals surface area contributed by atoms with Crippen molar-refractivity contribution in [1.29, 1.82) is 0 Å². The van der Waals surface area contributed by atoms with Gasteiger partial charge in [-0.3, -0.25) is 0 Å². The molecule has 0 heterocycles. The van der Waals surface area contributed by atoms with Crippen LogP contribution in [0.5, 0.6) is 0 Å². The van der Waals surface area contributed by atoms with E-state index in [9.17, 15) is 0 Å². The van der Waals surface area contributed by atoms with Crippen LogP contribution in [-0.4, -0.2) is 7.05 Å². The Labute approximate surface area is 107 Å². The van der Waals surface area contributed by atoms with Crippen molar-refractivity contribution in [1.82, 2.24) is 5.32 Å². The van der Waals surface area contributed by atoms with Crippen LogP contribution in [0, 0.1) is 17.8 Å². The molecule has 1 rings (SSSR count). The number of hydrogen-bond acceptors (Lipinski definition) is 1. The standard InChI is InChI=1S/C16H29N/c1-6-14-11-16(14)10-9-15(13(4)17-5)8-7-12(2)3/h11-12,15-17H,4,6-10H2,1-3,5H3. The van der Waals surface area contributed by atoms with Gasteiger partial charge in [0, 0.05) is 12.7 Å². The van der Waals surface area contributed by atoms with Crippen LogP contribution in [0.25, 0.3) is 0 Å². The summed E-state index contributed by atoms with van der Waals surface area (Å²) in [6, 6.07) is 0. The van der Waals surface area contributed by atoms with Gasteiger partial charge >= 0.3 is 0 Å². The monoisotopic (exact) mass is 235 g/mol. The van der Waals surface area contributed by atoms with Crippen molar-refractivity contribution in [3.05, 3.63) is 23.9 Å². The number of allylic oxidation sites excluding steroid dienone is 3. The lowest BCUT2D eigenvalue weighted by atomic mass is 9.90. The Balaban J connectivity index is 2.28. The minimum Gasteiger partial charge on any atom is -0.392 e. The van der Waals surface area contributed by atoms with Gasteiger partial charge in [0.2, 0.25) is 0 Å². The van der Waals surface area contributed by atoms with Gasteiger partial charge in [-0.05, 0) is 43.4 Å². The summed E-state index contributed by atoms with van der Waals surface area (Å²) in [4.78, 5) is 0. The molecule has 17 heavy (non-hydrogen) atoms. The van der Waals surface area contributed by atoms with Crippen LogP contribution < -0.4 is 5.32 Å². The molecule has 2 unspecified atom stereocenters. The van der Waals surface area contributed by atoms with E-state index in [2.05, 4.69) is 38.7 Å². The Bertz CT molecular complexity index is 275. The van der Waals surface area contributed by atoms with E-state index in [1.807, 2.05) is 7.05 Å². The second-order valence-corrected chi connectivity index (χ2v) is 5.72. The Kier molecular flexibility index (Phi) is 5.80. The van der Waals surface area contributed by atoms with Gasteiger partial charge < -0.3 is 5.32 Å². The van der Waals surface area contributed by atoms with E-state index >= 15 is 0 Å². The van der Waals surface area contributed by atoms with Gasteiger partial charge in [0.05, 0.1) is 0 Å². The average Bonchev–Trinajstić information content (AvgIpc) is 3.06. The molecule has 1 heteroatoms. The first-order chi connectivity index (χ1) is 8.08. The van der Waals surface area contributed by atoms with Gasteiger partial charge in [0.15, 0.2) is 0 Å². The smallest absolute Gasteiger partial charge is 0.00625 e. The zero-order chi connectivity index (χ0) is 12.8. The van der Waals surface area contributed by atoms with Crippen LogP contribution in [0.2, 0.25) is 0 Å². The van der Waals surface area contributed by atoms with Crippen molar-refractivity contribution in [2.24, 2.45) is 17.8 Å². The van der Waals surface area contributed by atoms with Gasteiger partial charge in [-0.15, -0.1) is 0 Å². The predicted octanol–water partition coefficient (Wildman–Crippen LogP) is 4.52. The van der Waals surface area contributed by atoms with E-state index in [0.29, 0.717) is 5.92 Å². The summed E-state index contributed by atoms with van der Waals surface area (Å²) in [5.74, 6) is 2.29. The van der Waals surface area contributed by atoms with E-state index in [1.165, 1.54) is 37.8 Å². The average molecular weight is 235 g/mol. The van der Waals surface area contributed by atoms with Gasteiger partial charge in [-0.2, -0.15) is 0 Å². The topological polar surface area (TPSA) is 12.0 Å². The molecule has 0 bridgehead atoms. The van der Waals surface area contributed by atoms with Crippen molar-refractivity contribution in [3.63, 3.8) is 0 Å². The highest BCUT2D eigenvalue weighted by Gasteiger charge is 2.24. The Morgan fingerprint density at radius 1 is 1.35 bits per heavy atom. The molecule has 2 atom stereocenters. The lowest BCUT2D eigenvalue weighted by Gasteiger charge is -2.20. The second-order valence-electron chi connectivity index (χ2n) is 5.72. The minimum atomic E-state index is 0.662. The van der Waals surface area contributed by atoms with E-state index < -0.39 is 0 Å². The van der Waals surface area contributed by atoms with Gasteiger partial charge in [-0.1, -0.05) is 45.4 Å². The van der Waals surface area contributed by atoms with Crippen LogP contribution in [0.3, 0.4) is 0 Å². The molecule has 1 N–H and O–H groups in total. The molecule has 1 nitrogen and oxygen atoms in total. The third kappa shape index (κ3) is 4.97. The summed E-state index contributed by atoms with van der Waals surface area (Å²) in [7, 11) is 2.00.